The Balaban J connectivity index is 1.46. The summed E-state index contributed by atoms with van der Waals surface area (Å²) in [6.07, 6.45) is 5.81. The van der Waals surface area contributed by atoms with Crippen LogP contribution in [0.15, 0.2) is 30.3 Å². The first kappa shape index (κ1) is 23.2. The maximum atomic E-state index is 12.0. The van der Waals surface area contributed by atoms with Crippen LogP contribution in [-0.4, -0.2) is 62.9 Å². The molecule has 3 aliphatic rings. The van der Waals surface area contributed by atoms with Gasteiger partial charge in [0.2, 0.25) is 0 Å². The maximum Gasteiger partial charge on any atom is 0.319 e. The van der Waals surface area contributed by atoms with Gasteiger partial charge >= 0.3 is 6.03 Å². The van der Waals surface area contributed by atoms with Gasteiger partial charge in [0, 0.05) is 41.9 Å². The number of urea groups is 1. The van der Waals surface area contributed by atoms with Gasteiger partial charge in [0.25, 0.3) is 0 Å². The van der Waals surface area contributed by atoms with Crippen molar-refractivity contribution in [3.63, 3.8) is 0 Å². The molecule has 2 aliphatic carbocycles. The molecule has 2 amide bonds. The number of morpholine rings is 1. The van der Waals surface area contributed by atoms with E-state index in [9.17, 15) is 13.6 Å². The van der Waals surface area contributed by atoms with Gasteiger partial charge in [-0.2, -0.15) is 0 Å². The summed E-state index contributed by atoms with van der Waals surface area (Å²) in [7, 11) is 0. The number of hydrogen-bond donors (Lipinski definition) is 3. The van der Waals surface area contributed by atoms with Gasteiger partial charge in [0.1, 0.15) is 5.82 Å². The van der Waals surface area contributed by atoms with E-state index in [1.165, 1.54) is 0 Å². The quantitative estimate of drug-likeness (QED) is 0.515. The maximum absolute atomic E-state index is 12.0. The SMILES string of the molecule is O=C(Nc1ccc(-c2nc(N3CCOCC3)cc(C3(CS(=O)O)CCCC3)n2)cc1)NC1CC1. The van der Waals surface area contributed by atoms with E-state index >= 15 is 0 Å². The van der Waals surface area contributed by atoms with Gasteiger partial charge in [-0.3, -0.25) is 0 Å². The van der Waals surface area contributed by atoms with Gasteiger partial charge in [-0.05, 0) is 49.9 Å². The fourth-order valence-electron chi connectivity index (χ4n) is 4.84. The third kappa shape index (κ3) is 5.39. The molecule has 0 bridgehead atoms. The average molecular weight is 486 g/mol. The Morgan fingerprint density at radius 1 is 1.15 bits per heavy atom. The highest BCUT2D eigenvalue weighted by molar-refractivity contribution is 7.79. The fourth-order valence-corrected chi connectivity index (χ4v) is 5.74. The zero-order valence-electron chi connectivity index (χ0n) is 19.2. The normalized spacial score (nSPS) is 20.7. The van der Waals surface area contributed by atoms with Crippen LogP contribution in [0.4, 0.5) is 16.3 Å². The van der Waals surface area contributed by atoms with Crippen molar-refractivity contribution in [3.8, 4) is 11.4 Å². The number of rotatable bonds is 7. The molecule has 2 aromatic rings. The zero-order valence-corrected chi connectivity index (χ0v) is 20.0. The van der Waals surface area contributed by atoms with E-state index in [0.29, 0.717) is 30.8 Å². The Kier molecular flexibility index (Phi) is 6.80. The van der Waals surface area contributed by atoms with Gasteiger partial charge in [-0.25, -0.2) is 19.0 Å². The van der Waals surface area contributed by atoms with Gasteiger partial charge in [-0.15, -0.1) is 0 Å². The first-order valence-electron chi connectivity index (χ1n) is 12.0. The molecule has 1 unspecified atom stereocenters. The monoisotopic (exact) mass is 485 g/mol. The van der Waals surface area contributed by atoms with Crippen molar-refractivity contribution in [2.24, 2.45) is 0 Å². The van der Waals surface area contributed by atoms with Crippen LogP contribution in [0.3, 0.4) is 0 Å². The van der Waals surface area contributed by atoms with Gasteiger partial charge < -0.3 is 24.8 Å². The highest BCUT2D eigenvalue weighted by atomic mass is 32.2. The first-order chi connectivity index (χ1) is 16.5. The standard InChI is InChI=1S/C24H31N5O4S/c30-23(26-19-7-8-19)25-18-5-3-17(4-6-18)22-27-20(24(16-34(31)32)9-1-2-10-24)15-21(28-22)29-11-13-33-14-12-29/h3-6,15,19H,1-2,7-14,16H2,(H,31,32)(H2,25,26,30). The van der Waals surface area contributed by atoms with Crippen molar-refractivity contribution in [2.75, 3.05) is 42.3 Å². The second kappa shape index (κ2) is 9.97. The lowest BCUT2D eigenvalue weighted by molar-refractivity contribution is 0.122. The summed E-state index contributed by atoms with van der Waals surface area (Å²) in [5.74, 6) is 1.60. The molecule has 1 saturated heterocycles. The second-order valence-corrected chi connectivity index (χ2v) is 10.4. The van der Waals surface area contributed by atoms with E-state index in [0.717, 1.165) is 68.7 Å². The zero-order chi connectivity index (χ0) is 23.5. The molecule has 2 saturated carbocycles. The molecular formula is C24H31N5O4S. The van der Waals surface area contributed by atoms with E-state index in [4.69, 9.17) is 14.7 Å². The third-order valence-electron chi connectivity index (χ3n) is 6.87. The highest BCUT2D eigenvalue weighted by Gasteiger charge is 2.39. The molecule has 1 aliphatic heterocycles. The minimum atomic E-state index is -1.91. The van der Waals surface area contributed by atoms with Crippen LogP contribution >= 0.6 is 0 Å². The molecule has 1 atom stereocenters. The summed E-state index contributed by atoms with van der Waals surface area (Å²) in [5, 5.41) is 5.78. The summed E-state index contributed by atoms with van der Waals surface area (Å²) in [4.78, 5) is 24.0. The molecule has 9 nitrogen and oxygen atoms in total. The Morgan fingerprint density at radius 3 is 2.50 bits per heavy atom. The smallest absolute Gasteiger partial charge is 0.319 e. The fraction of sp³-hybridized carbons (Fsp3) is 0.542. The lowest BCUT2D eigenvalue weighted by atomic mass is 9.84. The number of aromatic nitrogens is 2. The third-order valence-corrected chi connectivity index (χ3v) is 7.66. The number of carbonyl (C=O) groups is 1. The van der Waals surface area contributed by atoms with Crippen molar-refractivity contribution in [2.45, 2.75) is 50.0 Å². The summed E-state index contributed by atoms with van der Waals surface area (Å²) in [6, 6.07) is 9.61. The molecule has 0 spiro atoms. The number of anilines is 2. The van der Waals surface area contributed by atoms with Gasteiger partial charge in [0.15, 0.2) is 16.9 Å². The van der Waals surface area contributed by atoms with Gasteiger partial charge in [0.05, 0.1) is 24.7 Å². The number of amides is 2. The first-order valence-corrected chi connectivity index (χ1v) is 13.3. The number of ether oxygens (including phenoxy) is 1. The van der Waals surface area contributed by atoms with Crippen molar-refractivity contribution >= 4 is 28.6 Å². The molecular weight excluding hydrogens is 454 g/mol. The van der Waals surface area contributed by atoms with Crippen LogP contribution in [0, 0.1) is 0 Å². The predicted octanol–water partition coefficient (Wildman–Crippen LogP) is 3.30. The Hall–Kier alpha value is -2.56. The highest BCUT2D eigenvalue weighted by Crippen LogP contribution is 2.42. The van der Waals surface area contributed by atoms with Crippen LogP contribution < -0.4 is 15.5 Å². The molecule has 3 N–H and O–H groups in total. The number of nitrogens with one attached hydrogen (secondary N) is 2. The van der Waals surface area contributed by atoms with Crippen molar-refractivity contribution in [3.05, 3.63) is 36.0 Å². The lowest BCUT2D eigenvalue weighted by Crippen LogP contribution is -2.37. The largest absolute Gasteiger partial charge is 0.378 e. The minimum Gasteiger partial charge on any atom is -0.378 e. The van der Waals surface area contributed by atoms with Crippen LogP contribution in [-0.2, 0) is 21.2 Å². The number of hydrogen-bond acceptors (Lipinski definition) is 6. The number of carbonyl (C=O) groups excluding carboxylic acids is 1. The summed E-state index contributed by atoms with van der Waals surface area (Å²) < 4.78 is 27.2. The summed E-state index contributed by atoms with van der Waals surface area (Å²) >= 11 is -1.91. The van der Waals surface area contributed by atoms with Crippen LogP contribution in [0.1, 0.15) is 44.2 Å². The van der Waals surface area contributed by atoms with Crippen LogP contribution in [0.2, 0.25) is 0 Å². The van der Waals surface area contributed by atoms with Crippen molar-refractivity contribution < 1.29 is 18.3 Å². The topological polar surface area (TPSA) is 117 Å². The van der Waals surface area contributed by atoms with E-state index < -0.39 is 16.5 Å². The average Bonchev–Trinajstić information content (AvgIpc) is 3.53. The summed E-state index contributed by atoms with van der Waals surface area (Å²) in [6.45, 7) is 2.77. The van der Waals surface area contributed by atoms with E-state index in [2.05, 4.69) is 15.5 Å². The second-order valence-electron chi connectivity index (χ2n) is 9.44. The number of benzene rings is 1. The number of nitrogens with zero attached hydrogens (tertiary/aromatic N) is 3. The Morgan fingerprint density at radius 2 is 1.85 bits per heavy atom. The molecule has 1 aromatic heterocycles. The predicted molar refractivity (Wildman–Crippen MR) is 131 cm³/mol. The minimum absolute atomic E-state index is 0.185. The lowest BCUT2D eigenvalue weighted by Gasteiger charge is -2.31. The Bertz CT molecular complexity index is 1050. The Labute approximate surface area is 202 Å². The molecule has 10 heteroatoms. The van der Waals surface area contributed by atoms with Crippen molar-refractivity contribution in [1.82, 2.24) is 15.3 Å². The molecule has 1 aromatic carbocycles. The molecule has 34 heavy (non-hydrogen) atoms. The molecule has 0 radical (unpaired) electrons. The van der Waals surface area contributed by atoms with Crippen LogP contribution in [0.25, 0.3) is 11.4 Å². The van der Waals surface area contributed by atoms with Crippen LogP contribution in [0.5, 0.6) is 0 Å². The summed E-state index contributed by atoms with van der Waals surface area (Å²) in [5.41, 5.74) is 1.96. The van der Waals surface area contributed by atoms with E-state index in [1.54, 1.807) is 0 Å². The van der Waals surface area contributed by atoms with Crippen molar-refractivity contribution in [1.29, 1.82) is 0 Å². The molecule has 5 rings (SSSR count). The molecule has 3 fully saturated rings. The van der Waals surface area contributed by atoms with E-state index in [1.807, 2.05) is 30.3 Å². The molecule has 182 valence electrons. The molecule has 2 heterocycles. The van der Waals surface area contributed by atoms with E-state index in [-0.39, 0.29) is 11.8 Å². The van der Waals surface area contributed by atoms with Gasteiger partial charge in [-0.1, -0.05) is 12.8 Å².